The van der Waals surface area contributed by atoms with Gasteiger partial charge in [0.15, 0.2) is 0 Å². The summed E-state index contributed by atoms with van der Waals surface area (Å²) < 4.78 is 25.9. The van der Waals surface area contributed by atoms with Crippen LogP contribution in [0.1, 0.15) is 35.0 Å². The van der Waals surface area contributed by atoms with E-state index in [4.69, 9.17) is 9.47 Å². The first-order valence-corrected chi connectivity index (χ1v) is 10.7. The van der Waals surface area contributed by atoms with Gasteiger partial charge in [-0.2, -0.15) is 0 Å². The van der Waals surface area contributed by atoms with E-state index in [2.05, 4.69) is 20.6 Å². The number of fused-ring (bicyclic) bond motifs is 1. The van der Waals surface area contributed by atoms with Crippen molar-refractivity contribution in [3.8, 4) is 17.0 Å². The standard InChI is InChI=1S/C24H25FN4O3/c1-14-16(25)4-3-5-17(14)28-22-20-18(7-10-27-23(20)30)29-21(22)15-6-9-26-12-19(15)31-13-24(2)8-11-32-24/h3-6,9,12,28-29H,7-8,10-11,13H2,1-2H3,(H,27,30)/t24-/m0/s1. The number of hydrogen-bond acceptors (Lipinski definition) is 5. The number of H-pyrrole nitrogens is 1. The maximum atomic E-state index is 14.2. The van der Waals surface area contributed by atoms with Gasteiger partial charge in [-0.1, -0.05) is 6.07 Å². The highest BCUT2D eigenvalue weighted by atomic mass is 19.1. The van der Waals surface area contributed by atoms with Crippen LogP contribution in [0.25, 0.3) is 11.3 Å². The smallest absolute Gasteiger partial charge is 0.255 e. The topological polar surface area (TPSA) is 88.3 Å². The number of aromatic amines is 1. The maximum absolute atomic E-state index is 14.2. The first-order chi connectivity index (χ1) is 15.5. The molecule has 0 saturated carbocycles. The number of benzene rings is 1. The number of rotatable bonds is 6. The van der Waals surface area contributed by atoms with Gasteiger partial charge in [0.2, 0.25) is 0 Å². The van der Waals surface area contributed by atoms with Crippen molar-refractivity contribution in [1.82, 2.24) is 15.3 Å². The Morgan fingerprint density at radius 2 is 2.19 bits per heavy atom. The van der Waals surface area contributed by atoms with Crippen LogP contribution in [-0.4, -0.2) is 41.2 Å². The Bertz CT molecular complexity index is 1190. The first kappa shape index (κ1) is 20.5. The van der Waals surface area contributed by atoms with Gasteiger partial charge in [0, 0.05) is 48.1 Å². The van der Waals surface area contributed by atoms with Crippen molar-refractivity contribution in [2.24, 2.45) is 0 Å². The predicted molar refractivity (Wildman–Crippen MR) is 119 cm³/mol. The van der Waals surface area contributed by atoms with Gasteiger partial charge in [0.25, 0.3) is 5.91 Å². The molecule has 0 aliphatic carbocycles. The number of nitrogens with one attached hydrogen (secondary N) is 3. The van der Waals surface area contributed by atoms with Gasteiger partial charge in [-0.3, -0.25) is 9.78 Å². The van der Waals surface area contributed by atoms with E-state index in [9.17, 15) is 9.18 Å². The molecule has 1 aromatic carbocycles. The summed E-state index contributed by atoms with van der Waals surface area (Å²) in [6.45, 7) is 5.41. The fraction of sp³-hybridized carbons (Fsp3) is 0.333. The number of ether oxygens (including phenoxy) is 2. The Morgan fingerprint density at radius 1 is 1.34 bits per heavy atom. The number of nitrogens with zero attached hydrogens (tertiary/aromatic N) is 1. The van der Waals surface area contributed by atoms with Gasteiger partial charge in [0.1, 0.15) is 23.8 Å². The molecule has 7 nitrogen and oxygen atoms in total. The van der Waals surface area contributed by atoms with Crippen LogP contribution in [0.15, 0.2) is 36.7 Å². The molecule has 1 amide bonds. The lowest BCUT2D eigenvalue weighted by Gasteiger charge is -2.38. The van der Waals surface area contributed by atoms with Crippen molar-refractivity contribution in [2.45, 2.75) is 32.3 Å². The van der Waals surface area contributed by atoms with Crippen molar-refractivity contribution in [1.29, 1.82) is 0 Å². The van der Waals surface area contributed by atoms with Crippen molar-refractivity contribution in [3.63, 3.8) is 0 Å². The zero-order valence-electron chi connectivity index (χ0n) is 18.0. The average Bonchev–Trinajstić information content (AvgIpc) is 3.14. The van der Waals surface area contributed by atoms with E-state index < -0.39 is 0 Å². The molecule has 4 heterocycles. The lowest BCUT2D eigenvalue weighted by molar-refractivity contribution is -0.152. The molecule has 0 spiro atoms. The zero-order chi connectivity index (χ0) is 22.3. The molecule has 3 aromatic rings. The molecule has 2 aliphatic heterocycles. The molecule has 0 bridgehead atoms. The molecular formula is C24H25FN4O3. The number of hydrogen-bond donors (Lipinski definition) is 3. The molecule has 1 fully saturated rings. The number of amides is 1. The monoisotopic (exact) mass is 436 g/mol. The van der Waals surface area contributed by atoms with Crippen LogP contribution in [0.5, 0.6) is 5.75 Å². The second-order valence-electron chi connectivity index (χ2n) is 8.48. The van der Waals surface area contributed by atoms with Crippen LogP contribution in [0.2, 0.25) is 0 Å². The predicted octanol–water partition coefficient (Wildman–Crippen LogP) is 4.11. The molecule has 3 N–H and O–H groups in total. The summed E-state index contributed by atoms with van der Waals surface area (Å²) in [5.74, 6) is 0.103. The molecule has 1 saturated heterocycles. The summed E-state index contributed by atoms with van der Waals surface area (Å²) >= 11 is 0. The Kier molecular flexibility index (Phi) is 5.09. The number of carbonyl (C=O) groups is 1. The second kappa shape index (κ2) is 7.94. The molecule has 0 radical (unpaired) electrons. The van der Waals surface area contributed by atoms with Gasteiger partial charge in [-0.15, -0.1) is 0 Å². The normalized spacial score (nSPS) is 19.7. The fourth-order valence-corrected chi connectivity index (χ4v) is 4.08. The maximum Gasteiger partial charge on any atom is 0.255 e. The van der Waals surface area contributed by atoms with Gasteiger partial charge in [0.05, 0.1) is 29.7 Å². The van der Waals surface area contributed by atoms with Crippen LogP contribution in [0.4, 0.5) is 15.8 Å². The molecule has 166 valence electrons. The summed E-state index contributed by atoms with van der Waals surface area (Å²) in [6.07, 6.45) is 4.95. The summed E-state index contributed by atoms with van der Waals surface area (Å²) in [5.41, 5.74) is 4.19. The fourth-order valence-electron chi connectivity index (χ4n) is 4.08. The van der Waals surface area contributed by atoms with Gasteiger partial charge in [-0.25, -0.2) is 4.39 Å². The summed E-state index contributed by atoms with van der Waals surface area (Å²) in [6, 6.07) is 6.70. The van der Waals surface area contributed by atoms with E-state index in [0.717, 1.165) is 24.3 Å². The number of carbonyl (C=O) groups excluding carboxylic acids is 1. The Labute approximate surface area is 185 Å². The van der Waals surface area contributed by atoms with E-state index >= 15 is 0 Å². The molecule has 32 heavy (non-hydrogen) atoms. The number of anilines is 2. The zero-order valence-corrected chi connectivity index (χ0v) is 18.0. The largest absolute Gasteiger partial charge is 0.488 e. The van der Waals surface area contributed by atoms with Crippen LogP contribution < -0.4 is 15.4 Å². The number of aromatic nitrogens is 2. The lowest BCUT2D eigenvalue weighted by Crippen LogP contribution is -2.45. The van der Waals surface area contributed by atoms with Crippen molar-refractivity contribution >= 4 is 17.3 Å². The Balaban J connectivity index is 1.59. The minimum Gasteiger partial charge on any atom is -0.488 e. The second-order valence-corrected chi connectivity index (χ2v) is 8.48. The highest BCUT2D eigenvalue weighted by molar-refractivity contribution is 6.06. The molecule has 2 aliphatic rings. The average molecular weight is 436 g/mol. The summed E-state index contributed by atoms with van der Waals surface area (Å²) in [4.78, 5) is 20.4. The van der Waals surface area contributed by atoms with Crippen molar-refractivity contribution < 1.29 is 18.7 Å². The quantitative estimate of drug-likeness (QED) is 0.541. The number of halogens is 1. The third-order valence-corrected chi connectivity index (χ3v) is 6.16. The molecule has 0 unspecified atom stereocenters. The highest BCUT2D eigenvalue weighted by Gasteiger charge is 2.34. The third-order valence-electron chi connectivity index (χ3n) is 6.16. The highest BCUT2D eigenvalue weighted by Crippen LogP contribution is 2.41. The summed E-state index contributed by atoms with van der Waals surface area (Å²) in [7, 11) is 0. The van der Waals surface area contributed by atoms with E-state index in [1.807, 2.05) is 13.0 Å². The van der Waals surface area contributed by atoms with Gasteiger partial charge >= 0.3 is 0 Å². The number of pyridine rings is 1. The first-order valence-electron chi connectivity index (χ1n) is 10.7. The lowest BCUT2D eigenvalue weighted by atomic mass is 9.99. The minimum absolute atomic E-state index is 0.169. The molecule has 8 heteroatoms. The molecule has 2 aromatic heterocycles. The molecular weight excluding hydrogens is 411 g/mol. The Morgan fingerprint density at radius 3 is 2.97 bits per heavy atom. The third kappa shape index (κ3) is 3.60. The van der Waals surface area contributed by atoms with E-state index in [1.165, 1.54) is 6.07 Å². The van der Waals surface area contributed by atoms with E-state index in [0.29, 0.717) is 53.5 Å². The minimum atomic E-state index is -0.313. The van der Waals surface area contributed by atoms with Gasteiger partial charge < -0.3 is 25.1 Å². The van der Waals surface area contributed by atoms with Crippen LogP contribution in [-0.2, 0) is 11.2 Å². The Hall–Kier alpha value is -3.39. The van der Waals surface area contributed by atoms with E-state index in [1.54, 1.807) is 31.5 Å². The summed E-state index contributed by atoms with van der Waals surface area (Å²) in [5, 5.41) is 6.20. The SMILES string of the molecule is Cc1c(F)cccc1Nc1c(-c2ccncc2OC[C@]2(C)CCO2)[nH]c2c1C(=O)NCC2. The van der Waals surface area contributed by atoms with E-state index in [-0.39, 0.29) is 17.3 Å². The molecule has 5 rings (SSSR count). The van der Waals surface area contributed by atoms with Crippen molar-refractivity contribution in [3.05, 3.63) is 59.3 Å². The molecule has 1 atom stereocenters. The van der Waals surface area contributed by atoms with Gasteiger partial charge in [-0.05, 0) is 32.0 Å². The van der Waals surface area contributed by atoms with Crippen LogP contribution in [0.3, 0.4) is 0 Å². The van der Waals surface area contributed by atoms with Crippen LogP contribution in [0, 0.1) is 12.7 Å². The van der Waals surface area contributed by atoms with Crippen molar-refractivity contribution in [2.75, 3.05) is 25.1 Å². The van der Waals surface area contributed by atoms with Crippen LogP contribution >= 0.6 is 0 Å².